The molecule has 0 aliphatic carbocycles. The lowest BCUT2D eigenvalue weighted by Gasteiger charge is -2.09. The average molecular weight is 369 g/mol. The van der Waals surface area contributed by atoms with Crippen molar-refractivity contribution in [2.24, 2.45) is 0 Å². The number of hydrogen-bond donors (Lipinski definition) is 2. The number of rotatable bonds is 6. The normalized spacial score (nSPS) is 10.2. The van der Waals surface area contributed by atoms with Crippen LogP contribution >= 0.6 is 11.6 Å². The smallest absolute Gasteiger partial charge is 0.337 e. The monoisotopic (exact) mass is 368 g/mol. The predicted octanol–water partition coefficient (Wildman–Crippen LogP) is 4.27. The van der Waals surface area contributed by atoms with E-state index in [-0.39, 0.29) is 5.97 Å². The van der Waals surface area contributed by atoms with Gasteiger partial charge in [-0.25, -0.2) is 14.8 Å². The minimum Gasteiger partial charge on any atom is -0.465 e. The first-order valence-electron chi connectivity index (χ1n) is 7.90. The number of hydrogen-bond acceptors (Lipinski definition) is 6. The summed E-state index contributed by atoms with van der Waals surface area (Å²) in [6.45, 7) is 0.617. The van der Waals surface area contributed by atoms with Crippen LogP contribution in [0.3, 0.4) is 0 Å². The standard InChI is InChI=1S/C19H17ClN4O2/c1-26-19(25)14-3-2-4-16(9-14)24-18-10-17(22-12-23-18)21-11-13-5-7-15(20)8-6-13/h2-10,12H,11H2,1H3,(H2,21,22,23,24). The molecule has 26 heavy (non-hydrogen) atoms. The second-order valence-corrected chi connectivity index (χ2v) is 5.90. The Hall–Kier alpha value is -3.12. The lowest BCUT2D eigenvalue weighted by molar-refractivity contribution is 0.0601. The molecule has 6 nitrogen and oxygen atoms in total. The number of anilines is 3. The van der Waals surface area contributed by atoms with Gasteiger partial charge in [-0.05, 0) is 35.9 Å². The number of aromatic nitrogens is 2. The van der Waals surface area contributed by atoms with Crippen molar-refractivity contribution in [3.8, 4) is 0 Å². The van der Waals surface area contributed by atoms with Crippen LogP contribution in [0.15, 0.2) is 60.9 Å². The summed E-state index contributed by atoms with van der Waals surface area (Å²) in [5, 5.41) is 7.10. The van der Waals surface area contributed by atoms with Gasteiger partial charge in [-0.1, -0.05) is 29.8 Å². The van der Waals surface area contributed by atoms with Crippen molar-refractivity contribution in [3.05, 3.63) is 77.1 Å². The van der Waals surface area contributed by atoms with Gasteiger partial charge in [0.15, 0.2) is 0 Å². The van der Waals surface area contributed by atoms with E-state index in [9.17, 15) is 4.79 Å². The molecule has 3 rings (SSSR count). The Morgan fingerprint density at radius 3 is 2.62 bits per heavy atom. The van der Waals surface area contributed by atoms with E-state index in [1.807, 2.05) is 30.3 Å². The van der Waals surface area contributed by atoms with Gasteiger partial charge >= 0.3 is 5.97 Å². The Balaban J connectivity index is 1.67. The van der Waals surface area contributed by atoms with Crippen LogP contribution in [0.4, 0.5) is 17.3 Å². The van der Waals surface area contributed by atoms with E-state index in [0.717, 1.165) is 11.3 Å². The molecule has 0 bridgehead atoms. The zero-order chi connectivity index (χ0) is 18.4. The molecule has 2 N–H and O–H groups in total. The van der Waals surface area contributed by atoms with Gasteiger partial charge in [-0.2, -0.15) is 0 Å². The third kappa shape index (κ3) is 4.70. The van der Waals surface area contributed by atoms with E-state index in [4.69, 9.17) is 16.3 Å². The largest absolute Gasteiger partial charge is 0.465 e. The zero-order valence-corrected chi connectivity index (χ0v) is 14.8. The van der Waals surface area contributed by atoms with E-state index < -0.39 is 0 Å². The molecule has 132 valence electrons. The van der Waals surface area contributed by atoms with Gasteiger partial charge in [0.2, 0.25) is 0 Å². The fourth-order valence-corrected chi connectivity index (χ4v) is 2.43. The molecule has 0 saturated heterocycles. The Labute approximate surface area is 156 Å². The summed E-state index contributed by atoms with van der Waals surface area (Å²) in [7, 11) is 1.35. The van der Waals surface area contributed by atoms with E-state index in [1.54, 1.807) is 24.3 Å². The highest BCUT2D eigenvalue weighted by Crippen LogP contribution is 2.18. The predicted molar refractivity (Wildman–Crippen MR) is 102 cm³/mol. The van der Waals surface area contributed by atoms with Gasteiger partial charge in [0.05, 0.1) is 12.7 Å². The summed E-state index contributed by atoms with van der Waals surface area (Å²) in [4.78, 5) is 20.0. The molecule has 0 unspecified atom stereocenters. The maximum atomic E-state index is 11.6. The number of esters is 1. The van der Waals surface area contributed by atoms with Crippen molar-refractivity contribution in [3.63, 3.8) is 0 Å². The molecule has 0 spiro atoms. The molecule has 1 heterocycles. The van der Waals surface area contributed by atoms with Gasteiger partial charge in [-0.3, -0.25) is 0 Å². The minimum absolute atomic E-state index is 0.387. The number of benzene rings is 2. The van der Waals surface area contributed by atoms with Crippen LogP contribution in [0.1, 0.15) is 15.9 Å². The number of carbonyl (C=O) groups is 1. The quantitative estimate of drug-likeness (QED) is 0.633. The van der Waals surface area contributed by atoms with Crippen molar-refractivity contribution in [2.45, 2.75) is 6.54 Å². The van der Waals surface area contributed by atoms with Crippen LogP contribution in [0.2, 0.25) is 5.02 Å². The number of halogens is 1. The first-order valence-corrected chi connectivity index (χ1v) is 8.27. The Morgan fingerprint density at radius 1 is 1.08 bits per heavy atom. The van der Waals surface area contributed by atoms with E-state index >= 15 is 0 Å². The molecule has 2 aromatic carbocycles. The van der Waals surface area contributed by atoms with Gasteiger partial charge in [0.25, 0.3) is 0 Å². The fraction of sp³-hybridized carbons (Fsp3) is 0.105. The van der Waals surface area contributed by atoms with Crippen LogP contribution < -0.4 is 10.6 Å². The molecule has 7 heteroatoms. The van der Waals surface area contributed by atoms with E-state index in [0.29, 0.717) is 28.8 Å². The fourth-order valence-electron chi connectivity index (χ4n) is 2.31. The Bertz CT molecular complexity index is 900. The van der Waals surface area contributed by atoms with Gasteiger partial charge < -0.3 is 15.4 Å². The van der Waals surface area contributed by atoms with Gasteiger partial charge in [0.1, 0.15) is 18.0 Å². The highest BCUT2D eigenvalue weighted by Gasteiger charge is 2.06. The third-order valence-electron chi connectivity index (χ3n) is 3.61. The zero-order valence-electron chi connectivity index (χ0n) is 14.1. The maximum Gasteiger partial charge on any atom is 0.337 e. The Morgan fingerprint density at radius 2 is 1.85 bits per heavy atom. The summed E-state index contributed by atoms with van der Waals surface area (Å²) < 4.78 is 4.73. The summed E-state index contributed by atoms with van der Waals surface area (Å²) in [6.07, 6.45) is 1.47. The molecule has 0 atom stereocenters. The van der Waals surface area contributed by atoms with Gasteiger partial charge in [0, 0.05) is 23.3 Å². The summed E-state index contributed by atoms with van der Waals surface area (Å²) in [6, 6.07) is 16.4. The molecule has 3 aromatic rings. The van der Waals surface area contributed by atoms with Crippen molar-refractivity contribution in [2.75, 3.05) is 17.7 Å². The van der Waals surface area contributed by atoms with E-state index in [1.165, 1.54) is 13.4 Å². The van der Waals surface area contributed by atoms with Crippen LogP contribution in [0, 0.1) is 0 Å². The maximum absolute atomic E-state index is 11.6. The first kappa shape index (κ1) is 17.7. The molecule has 1 aromatic heterocycles. The molecule has 0 fully saturated rings. The van der Waals surface area contributed by atoms with Crippen LogP contribution in [-0.2, 0) is 11.3 Å². The molecular formula is C19H17ClN4O2. The average Bonchev–Trinajstić information content (AvgIpc) is 2.67. The molecule has 0 radical (unpaired) electrons. The highest BCUT2D eigenvalue weighted by molar-refractivity contribution is 6.30. The summed E-state index contributed by atoms with van der Waals surface area (Å²) >= 11 is 5.89. The van der Waals surface area contributed by atoms with E-state index in [2.05, 4.69) is 20.6 Å². The Kier molecular flexibility index (Phi) is 5.66. The molecule has 0 aliphatic rings. The van der Waals surface area contributed by atoms with Crippen LogP contribution in [0.5, 0.6) is 0 Å². The molecule has 0 amide bonds. The van der Waals surface area contributed by atoms with Crippen LogP contribution in [0.25, 0.3) is 0 Å². The number of carbonyl (C=O) groups excluding carboxylic acids is 1. The second kappa shape index (κ2) is 8.31. The van der Waals surface area contributed by atoms with Crippen molar-refractivity contribution in [1.82, 2.24) is 9.97 Å². The number of nitrogens with zero attached hydrogens (tertiary/aromatic N) is 2. The third-order valence-corrected chi connectivity index (χ3v) is 3.86. The first-order chi connectivity index (χ1) is 12.6. The topological polar surface area (TPSA) is 76.1 Å². The highest BCUT2D eigenvalue weighted by atomic mass is 35.5. The van der Waals surface area contributed by atoms with Crippen molar-refractivity contribution in [1.29, 1.82) is 0 Å². The van der Waals surface area contributed by atoms with Crippen molar-refractivity contribution >= 4 is 34.9 Å². The minimum atomic E-state index is -0.387. The number of ether oxygens (including phenoxy) is 1. The summed E-state index contributed by atoms with van der Waals surface area (Å²) in [5.41, 5.74) is 2.29. The second-order valence-electron chi connectivity index (χ2n) is 5.47. The molecular weight excluding hydrogens is 352 g/mol. The molecule has 0 saturated carbocycles. The lowest BCUT2D eigenvalue weighted by Crippen LogP contribution is -2.04. The number of nitrogens with one attached hydrogen (secondary N) is 2. The SMILES string of the molecule is COC(=O)c1cccc(Nc2cc(NCc3ccc(Cl)cc3)ncn2)c1. The molecule has 0 aliphatic heterocycles. The lowest BCUT2D eigenvalue weighted by atomic mass is 10.2. The summed E-state index contributed by atoms with van der Waals surface area (Å²) in [5.74, 6) is 0.906. The van der Waals surface area contributed by atoms with Crippen LogP contribution in [-0.4, -0.2) is 23.0 Å². The number of methoxy groups -OCH3 is 1. The van der Waals surface area contributed by atoms with Crippen molar-refractivity contribution < 1.29 is 9.53 Å². The van der Waals surface area contributed by atoms with Gasteiger partial charge in [-0.15, -0.1) is 0 Å².